The summed E-state index contributed by atoms with van der Waals surface area (Å²) >= 11 is 0. The number of amides is 2. The number of aliphatic hydroxyl groups is 1. The van der Waals surface area contributed by atoms with Gasteiger partial charge in [-0.2, -0.15) is 0 Å². The molecule has 30 heavy (non-hydrogen) atoms. The van der Waals surface area contributed by atoms with Crippen LogP contribution in [0.25, 0.3) is 0 Å². The van der Waals surface area contributed by atoms with E-state index in [1.165, 1.54) is 11.1 Å². The molecule has 1 aromatic carbocycles. The predicted octanol–water partition coefficient (Wildman–Crippen LogP) is 1.41. The summed E-state index contributed by atoms with van der Waals surface area (Å²) in [6.45, 7) is 2.45. The first kappa shape index (κ1) is 21.3. The summed E-state index contributed by atoms with van der Waals surface area (Å²) in [7, 11) is 0. The van der Waals surface area contributed by atoms with E-state index >= 15 is 0 Å². The van der Waals surface area contributed by atoms with Gasteiger partial charge in [0.25, 0.3) is 0 Å². The van der Waals surface area contributed by atoms with Crippen LogP contribution in [-0.2, 0) is 32.0 Å². The molecule has 2 saturated heterocycles. The highest BCUT2D eigenvalue weighted by atomic mass is 16.5. The van der Waals surface area contributed by atoms with Crippen molar-refractivity contribution in [3.63, 3.8) is 0 Å². The number of fused-ring (bicyclic) bond motifs is 1. The van der Waals surface area contributed by atoms with E-state index in [1.807, 2.05) is 17.0 Å². The number of hydrogen-bond acceptors (Lipinski definition) is 5. The number of carbonyl (C=O) groups excluding carboxylic acids is 2. The number of aliphatic hydroxyl groups excluding tert-OH is 1. The van der Waals surface area contributed by atoms with E-state index in [0.29, 0.717) is 39.0 Å². The molecule has 0 radical (unpaired) electrons. The van der Waals surface area contributed by atoms with Gasteiger partial charge in [-0.05, 0) is 43.2 Å². The van der Waals surface area contributed by atoms with E-state index in [1.54, 1.807) is 0 Å². The summed E-state index contributed by atoms with van der Waals surface area (Å²) < 4.78 is 11.4. The van der Waals surface area contributed by atoms with E-state index in [4.69, 9.17) is 9.47 Å². The predicted molar refractivity (Wildman–Crippen MR) is 111 cm³/mol. The number of nitrogens with zero attached hydrogens (tertiary/aromatic N) is 1. The Bertz CT molecular complexity index is 749. The van der Waals surface area contributed by atoms with Gasteiger partial charge in [0.05, 0.1) is 25.2 Å². The zero-order valence-corrected chi connectivity index (χ0v) is 17.4. The Balaban J connectivity index is 1.27. The topological polar surface area (TPSA) is 88.1 Å². The van der Waals surface area contributed by atoms with Crippen LogP contribution < -0.4 is 5.32 Å². The Morgan fingerprint density at radius 2 is 1.87 bits per heavy atom. The van der Waals surface area contributed by atoms with Gasteiger partial charge in [-0.1, -0.05) is 24.3 Å². The molecule has 0 aromatic heterocycles. The minimum Gasteiger partial charge on any atom is -0.394 e. The highest BCUT2D eigenvalue weighted by Crippen LogP contribution is 2.25. The molecule has 2 fully saturated rings. The molecule has 4 rings (SSSR count). The Labute approximate surface area is 177 Å². The van der Waals surface area contributed by atoms with Crippen LogP contribution in [0.5, 0.6) is 0 Å². The van der Waals surface area contributed by atoms with Gasteiger partial charge in [-0.25, -0.2) is 0 Å². The van der Waals surface area contributed by atoms with Gasteiger partial charge in [0, 0.05) is 32.2 Å². The van der Waals surface area contributed by atoms with Crippen LogP contribution in [-0.4, -0.2) is 66.4 Å². The zero-order valence-electron chi connectivity index (χ0n) is 17.4. The zero-order chi connectivity index (χ0) is 20.9. The lowest BCUT2D eigenvalue weighted by molar-refractivity contribution is -0.144. The van der Waals surface area contributed by atoms with Crippen molar-refractivity contribution in [2.75, 3.05) is 26.4 Å². The molecule has 0 unspecified atom stereocenters. The van der Waals surface area contributed by atoms with Crippen molar-refractivity contribution in [1.82, 2.24) is 10.2 Å². The van der Waals surface area contributed by atoms with Crippen molar-refractivity contribution >= 4 is 11.8 Å². The van der Waals surface area contributed by atoms with E-state index < -0.39 is 6.10 Å². The largest absolute Gasteiger partial charge is 0.394 e. The van der Waals surface area contributed by atoms with Crippen LogP contribution in [0, 0.1) is 5.92 Å². The molecule has 164 valence electrons. The molecule has 0 spiro atoms. The first-order chi connectivity index (χ1) is 14.6. The van der Waals surface area contributed by atoms with Crippen molar-refractivity contribution < 1.29 is 24.2 Å². The van der Waals surface area contributed by atoms with Crippen molar-refractivity contribution in [3.8, 4) is 0 Å². The fourth-order valence-corrected chi connectivity index (χ4v) is 4.74. The third kappa shape index (κ3) is 5.02. The van der Waals surface area contributed by atoms with E-state index in [9.17, 15) is 14.7 Å². The summed E-state index contributed by atoms with van der Waals surface area (Å²) in [6, 6.07) is 8.05. The maximum atomic E-state index is 12.8. The van der Waals surface area contributed by atoms with E-state index in [2.05, 4.69) is 17.4 Å². The first-order valence-corrected chi connectivity index (χ1v) is 11.1. The van der Waals surface area contributed by atoms with Crippen LogP contribution in [0.4, 0.5) is 0 Å². The highest BCUT2D eigenvalue weighted by molar-refractivity contribution is 5.79. The average molecular weight is 417 g/mol. The van der Waals surface area contributed by atoms with E-state index in [-0.39, 0.29) is 36.5 Å². The fraction of sp³-hybridized carbons (Fsp3) is 0.652. The molecule has 3 aliphatic heterocycles. The lowest BCUT2D eigenvalue weighted by Crippen LogP contribution is -2.53. The van der Waals surface area contributed by atoms with Gasteiger partial charge >= 0.3 is 0 Å². The molecule has 3 aliphatic rings. The fourth-order valence-electron chi connectivity index (χ4n) is 4.74. The Morgan fingerprint density at radius 3 is 2.63 bits per heavy atom. The van der Waals surface area contributed by atoms with Crippen molar-refractivity contribution in [2.45, 2.75) is 63.3 Å². The Morgan fingerprint density at radius 1 is 1.10 bits per heavy atom. The van der Waals surface area contributed by atoms with Crippen LogP contribution >= 0.6 is 0 Å². The number of carbonyl (C=O) groups is 2. The van der Waals surface area contributed by atoms with Crippen LogP contribution in [0.2, 0.25) is 0 Å². The summed E-state index contributed by atoms with van der Waals surface area (Å²) in [5.74, 6) is 0.0853. The molecule has 1 aromatic rings. The maximum Gasteiger partial charge on any atom is 0.225 e. The molecule has 2 N–H and O–H groups in total. The Kier molecular flexibility index (Phi) is 7.02. The smallest absolute Gasteiger partial charge is 0.225 e. The molecule has 0 aliphatic carbocycles. The molecular formula is C23H32N2O5. The second-order valence-corrected chi connectivity index (χ2v) is 8.60. The second kappa shape index (κ2) is 9.90. The van der Waals surface area contributed by atoms with Crippen molar-refractivity contribution in [1.29, 1.82) is 0 Å². The van der Waals surface area contributed by atoms with Crippen molar-refractivity contribution in [3.05, 3.63) is 35.4 Å². The Hall–Kier alpha value is -1.96. The van der Waals surface area contributed by atoms with E-state index in [0.717, 1.165) is 25.8 Å². The number of ether oxygens (including phenoxy) is 2. The minimum atomic E-state index is -0.470. The van der Waals surface area contributed by atoms with Gasteiger partial charge in [-0.3, -0.25) is 9.59 Å². The molecular weight excluding hydrogens is 384 g/mol. The minimum absolute atomic E-state index is 0.0202. The first-order valence-electron chi connectivity index (χ1n) is 11.1. The number of rotatable bonds is 5. The lowest BCUT2D eigenvalue weighted by Gasteiger charge is -2.38. The summed E-state index contributed by atoms with van der Waals surface area (Å²) in [5.41, 5.74) is 2.53. The normalized spacial score (nSPS) is 27.4. The molecule has 2 amide bonds. The molecule has 0 saturated carbocycles. The summed E-state index contributed by atoms with van der Waals surface area (Å²) in [5, 5.41) is 12.9. The van der Waals surface area contributed by atoms with Gasteiger partial charge in [-0.15, -0.1) is 0 Å². The third-order valence-corrected chi connectivity index (χ3v) is 6.60. The number of nitrogens with one attached hydrogen (secondary N) is 1. The molecule has 7 heteroatoms. The van der Waals surface area contributed by atoms with Gasteiger partial charge in [0.15, 0.2) is 0 Å². The maximum absolute atomic E-state index is 12.8. The van der Waals surface area contributed by atoms with Gasteiger partial charge in [0.1, 0.15) is 6.10 Å². The van der Waals surface area contributed by atoms with Crippen LogP contribution in [0.3, 0.4) is 0 Å². The SMILES string of the molecule is O=C(N[C@@H]1CC[C@@H](CC(=O)N2CCc3ccccc3C2)O[C@@H]1CO)C1CCOCC1. The summed E-state index contributed by atoms with van der Waals surface area (Å²) in [4.78, 5) is 27.3. The van der Waals surface area contributed by atoms with Crippen LogP contribution in [0.15, 0.2) is 24.3 Å². The molecule has 3 heterocycles. The standard InChI is InChI=1S/C23H32N2O5/c26-15-21-20(24-23(28)17-8-11-29-12-9-17)6-5-19(30-21)13-22(27)25-10-7-16-3-1-2-4-18(16)14-25/h1-4,17,19-21,26H,5-15H2,(H,24,28)/t19-,20+,21+/m0/s1. The lowest BCUT2D eigenvalue weighted by atomic mass is 9.94. The van der Waals surface area contributed by atoms with Gasteiger partial charge < -0.3 is 24.8 Å². The monoisotopic (exact) mass is 416 g/mol. The molecule has 7 nitrogen and oxygen atoms in total. The molecule has 3 atom stereocenters. The average Bonchev–Trinajstić information content (AvgIpc) is 2.80. The number of hydrogen-bond donors (Lipinski definition) is 2. The second-order valence-electron chi connectivity index (χ2n) is 8.60. The third-order valence-electron chi connectivity index (χ3n) is 6.60. The van der Waals surface area contributed by atoms with Crippen molar-refractivity contribution in [2.24, 2.45) is 5.92 Å². The summed E-state index contributed by atoms with van der Waals surface area (Å²) in [6.07, 6.45) is 3.39. The highest BCUT2D eigenvalue weighted by Gasteiger charge is 2.35. The quantitative estimate of drug-likeness (QED) is 0.758. The van der Waals surface area contributed by atoms with Gasteiger partial charge in [0.2, 0.25) is 11.8 Å². The van der Waals surface area contributed by atoms with Crippen LogP contribution in [0.1, 0.15) is 43.2 Å². The molecule has 0 bridgehead atoms. The number of benzene rings is 1.